The molecule has 0 unspecified atom stereocenters. The van der Waals surface area contributed by atoms with Gasteiger partial charge in [-0.15, -0.1) is 11.8 Å². The Morgan fingerprint density at radius 1 is 1.04 bits per heavy atom. The third kappa shape index (κ3) is 4.63. The van der Waals surface area contributed by atoms with Crippen LogP contribution in [0.4, 0.5) is 0 Å². The van der Waals surface area contributed by atoms with E-state index < -0.39 is 0 Å². The number of hydrogen-bond donors (Lipinski definition) is 0. The van der Waals surface area contributed by atoms with Crippen molar-refractivity contribution < 1.29 is 0 Å². The summed E-state index contributed by atoms with van der Waals surface area (Å²) in [6.07, 6.45) is 2.09. The van der Waals surface area contributed by atoms with Crippen LogP contribution in [0.2, 0.25) is 0 Å². The molecule has 0 saturated heterocycles. The quantitative estimate of drug-likeness (QED) is 0.440. The van der Waals surface area contributed by atoms with Crippen molar-refractivity contribution in [2.45, 2.75) is 31.6 Å². The summed E-state index contributed by atoms with van der Waals surface area (Å²) in [6.45, 7) is 4.30. The number of hydrogen-bond acceptors (Lipinski definition) is 4. The number of rotatable bonds is 7. The zero-order chi connectivity index (χ0) is 18.5. The highest BCUT2D eigenvalue weighted by molar-refractivity contribution is 7.98. The van der Waals surface area contributed by atoms with E-state index in [4.69, 9.17) is 12.2 Å². The highest BCUT2D eigenvalue weighted by atomic mass is 32.2. The van der Waals surface area contributed by atoms with Crippen molar-refractivity contribution in [3.63, 3.8) is 0 Å². The third-order valence-electron chi connectivity index (χ3n) is 4.28. The summed E-state index contributed by atoms with van der Waals surface area (Å²) in [4.78, 5) is 3.51. The monoisotopic (exact) mass is 384 g/mol. The second-order valence-corrected chi connectivity index (χ2v) is 7.65. The highest BCUT2D eigenvalue weighted by Gasteiger charge is 2.10. The minimum atomic E-state index is 0.672. The van der Waals surface area contributed by atoms with Crippen molar-refractivity contribution in [3.05, 3.63) is 76.3 Å². The standard InChI is InChI=1S/C20H24N4S2/c1-16-21-24(20(25)23(16)14-17-7-5-4-6-8-17)15-22(2)13-18-9-11-19(26-3)12-10-18/h4-12H,13-15H2,1-3H3. The molecule has 0 radical (unpaired) electrons. The first kappa shape index (κ1) is 18.9. The van der Waals surface area contributed by atoms with Crippen LogP contribution in [0.5, 0.6) is 0 Å². The molecule has 3 aromatic rings. The van der Waals surface area contributed by atoms with Gasteiger partial charge < -0.3 is 0 Å². The second kappa shape index (κ2) is 8.66. The van der Waals surface area contributed by atoms with Crippen LogP contribution >= 0.6 is 24.0 Å². The Morgan fingerprint density at radius 2 is 1.73 bits per heavy atom. The Labute approximate surface area is 164 Å². The summed E-state index contributed by atoms with van der Waals surface area (Å²) in [5.41, 5.74) is 2.52. The summed E-state index contributed by atoms with van der Waals surface area (Å²) in [6, 6.07) is 19.0. The first-order valence-electron chi connectivity index (χ1n) is 8.56. The van der Waals surface area contributed by atoms with E-state index in [9.17, 15) is 0 Å². The Morgan fingerprint density at radius 3 is 2.38 bits per heavy atom. The average Bonchev–Trinajstić information content (AvgIpc) is 2.90. The lowest BCUT2D eigenvalue weighted by atomic mass is 10.2. The van der Waals surface area contributed by atoms with Crippen molar-refractivity contribution in [2.24, 2.45) is 0 Å². The van der Waals surface area contributed by atoms with Gasteiger partial charge in [0.05, 0.1) is 13.2 Å². The van der Waals surface area contributed by atoms with Gasteiger partial charge in [0.2, 0.25) is 0 Å². The molecule has 0 saturated carbocycles. The van der Waals surface area contributed by atoms with Crippen LogP contribution in [-0.2, 0) is 19.8 Å². The second-order valence-electron chi connectivity index (χ2n) is 6.40. The molecule has 0 amide bonds. The molecule has 26 heavy (non-hydrogen) atoms. The highest BCUT2D eigenvalue weighted by Crippen LogP contribution is 2.16. The molecule has 0 fully saturated rings. The van der Waals surface area contributed by atoms with Gasteiger partial charge in [0.15, 0.2) is 4.77 Å². The molecule has 0 bridgehead atoms. The predicted molar refractivity (Wildman–Crippen MR) is 111 cm³/mol. The van der Waals surface area contributed by atoms with Crippen LogP contribution in [0.1, 0.15) is 17.0 Å². The van der Waals surface area contributed by atoms with E-state index >= 15 is 0 Å². The van der Waals surface area contributed by atoms with Crippen LogP contribution < -0.4 is 0 Å². The fourth-order valence-electron chi connectivity index (χ4n) is 2.91. The van der Waals surface area contributed by atoms with Crippen molar-refractivity contribution >= 4 is 24.0 Å². The van der Waals surface area contributed by atoms with Gasteiger partial charge in [0.25, 0.3) is 0 Å². The molecule has 1 heterocycles. The summed E-state index contributed by atoms with van der Waals surface area (Å²) < 4.78 is 4.76. The summed E-state index contributed by atoms with van der Waals surface area (Å²) in [7, 11) is 2.09. The number of aryl methyl sites for hydroxylation is 1. The maximum absolute atomic E-state index is 5.66. The number of nitrogens with zero attached hydrogens (tertiary/aromatic N) is 4. The largest absolute Gasteiger partial charge is 0.300 e. The maximum atomic E-state index is 5.66. The molecule has 0 spiro atoms. The van der Waals surface area contributed by atoms with Gasteiger partial charge in [0, 0.05) is 11.4 Å². The van der Waals surface area contributed by atoms with Crippen molar-refractivity contribution in [3.8, 4) is 0 Å². The zero-order valence-corrected chi connectivity index (χ0v) is 17.1. The first-order chi connectivity index (χ1) is 12.6. The Kier molecular flexibility index (Phi) is 6.29. The molecule has 3 rings (SSSR count). The maximum Gasteiger partial charge on any atom is 0.199 e. The van der Waals surface area contributed by atoms with E-state index in [-0.39, 0.29) is 0 Å². The van der Waals surface area contributed by atoms with Gasteiger partial charge in [-0.25, -0.2) is 4.68 Å². The summed E-state index contributed by atoms with van der Waals surface area (Å²) >= 11 is 7.42. The SMILES string of the molecule is CSc1ccc(CN(C)Cn2nc(C)n(Cc3ccccc3)c2=S)cc1. The van der Waals surface area contributed by atoms with E-state index in [1.807, 2.05) is 17.7 Å². The Balaban J connectivity index is 1.69. The molecule has 0 aliphatic carbocycles. The minimum Gasteiger partial charge on any atom is -0.300 e. The van der Waals surface area contributed by atoms with Gasteiger partial charge in [-0.3, -0.25) is 9.47 Å². The van der Waals surface area contributed by atoms with E-state index in [0.717, 1.165) is 23.7 Å². The third-order valence-corrected chi connectivity index (χ3v) is 5.45. The Bertz CT molecular complexity index is 898. The van der Waals surface area contributed by atoms with Gasteiger partial charge in [-0.1, -0.05) is 42.5 Å². The summed E-state index contributed by atoms with van der Waals surface area (Å²) in [5.74, 6) is 0.941. The molecule has 0 aliphatic heterocycles. The van der Waals surface area contributed by atoms with E-state index in [1.54, 1.807) is 11.8 Å². The van der Waals surface area contributed by atoms with Crippen LogP contribution in [0.15, 0.2) is 59.5 Å². The lowest BCUT2D eigenvalue weighted by Gasteiger charge is -2.16. The molecule has 0 N–H and O–H groups in total. The van der Waals surface area contributed by atoms with Gasteiger partial charge in [-0.2, -0.15) is 5.10 Å². The predicted octanol–water partition coefficient (Wildman–Crippen LogP) is 4.58. The average molecular weight is 385 g/mol. The lowest BCUT2D eigenvalue weighted by Crippen LogP contribution is -2.22. The molecule has 6 heteroatoms. The van der Waals surface area contributed by atoms with Crippen molar-refractivity contribution in [2.75, 3.05) is 13.3 Å². The molecular formula is C20H24N4S2. The van der Waals surface area contributed by atoms with Gasteiger partial charge >= 0.3 is 0 Å². The molecular weight excluding hydrogens is 360 g/mol. The normalized spacial score (nSPS) is 11.2. The zero-order valence-electron chi connectivity index (χ0n) is 15.4. The number of aromatic nitrogens is 3. The topological polar surface area (TPSA) is 26.0 Å². The summed E-state index contributed by atoms with van der Waals surface area (Å²) in [5, 5.41) is 4.65. The van der Waals surface area contributed by atoms with Crippen molar-refractivity contribution in [1.29, 1.82) is 0 Å². The number of benzene rings is 2. The smallest absolute Gasteiger partial charge is 0.199 e. The fraction of sp³-hybridized carbons (Fsp3) is 0.300. The van der Waals surface area contributed by atoms with Gasteiger partial charge in [-0.05, 0) is 55.7 Å². The molecule has 2 aromatic carbocycles. The van der Waals surface area contributed by atoms with Crippen LogP contribution in [-0.4, -0.2) is 32.6 Å². The molecule has 136 valence electrons. The van der Waals surface area contributed by atoms with Crippen LogP contribution in [0, 0.1) is 11.7 Å². The van der Waals surface area contributed by atoms with E-state index in [0.29, 0.717) is 6.67 Å². The van der Waals surface area contributed by atoms with Crippen LogP contribution in [0.25, 0.3) is 0 Å². The number of thioether (sulfide) groups is 1. The minimum absolute atomic E-state index is 0.672. The Hall–Kier alpha value is -1.89. The van der Waals surface area contributed by atoms with E-state index in [1.165, 1.54) is 16.0 Å². The van der Waals surface area contributed by atoms with Crippen LogP contribution in [0.3, 0.4) is 0 Å². The van der Waals surface area contributed by atoms with Gasteiger partial charge in [0.1, 0.15) is 5.82 Å². The molecule has 0 atom stereocenters. The van der Waals surface area contributed by atoms with Crippen molar-refractivity contribution in [1.82, 2.24) is 19.2 Å². The lowest BCUT2D eigenvalue weighted by molar-refractivity contribution is 0.243. The fourth-order valence-corrected chi connectivity index (χ4v) is 3.61. The van der Waals surface area contributed by atoms with E-state index in [2.05, 4.69) is 76.4 Å². The molecule has 4 nitrogen and oxygen atoms in total. The molecule has 1 aromatic heterocycles. The molecule has 0 aliphatic rings. The first-order valence-corrected chi connectivity index (χ1v) is 10.2.